The Balaban J connectivity index is 1.75. The molecule has 0 aliphatic carbocycles. The highest BCUT2D eigenvalue weighted by Gasteiger charge is 2.20. The Morgan fingerprint density at radius 2 is 1.90 bits per heavy atom. The van der Waals surface area contributed by atoms with Crippen molar-refractivity contribution < 1.29 is 9.53 Å². The standard InChI is InChI=1S/C16H20N2O2/c1-2-20-16(19)18-13-11-17(12-14-18)10-6-9-15-7-4-3-5-8-15/h3-5,7-8H,2,10-14H2,1H3. The maximum atomic E-state index is 11.6. The summed E-state index contributed by atoms with van der Waals surface area (Å²) in [4.78, 5) is 15.6. The lowest BCUT2D eigenvalue weighted by Crippen LogP contribution is -2.48. The third-order valence-electron chi connectivity index (χ3n) is 3.21. The minimum absolute atomic E-state index is 0.206. The predicted molar refractivity (Wildman–Crippen MR) is 78.4 cm³/mol. The third kappa shape index (κ3) is 4.29. The number of nitrogens with zero attached hydrogens (tertiary/aromatic N) is 2. The van der Waals surface area contributed by atoms with Crippen LogP contribution in [0.4, 0.5) is 4.79 Å². The van der Waals surface area contributed by atoms with Crippen LogP contribution in [0.5, 0.6) is 0 Å². The molecule has 1 aliphatic rings. The van der Waals surface area contributed by atoms with Gasteiger partial charge < -0.3 is 9.64 Å². The predicted octanol–water partition coefficient (Wildman–Crippen LogP) is 1.81. The van der Waals surface area contributed by atoms with E-state index in [1.165, 1.54) is 0 Å². The molecule has 0 unspecified atom stereocenters. The summed E-state index contributed by atoms with van der Waals surface area (Å²) in [5, 5.41) is 0. The molecule has 0 atom stereocenters. The molecule has 0 radical (unpaired) electrons. The van der Waals surface area contributed by atoms with E-state index in [9.17, 15) is 4.79 Å². The minimum atomic E-state index is -0.206. The first-order valence-electron chi connectivity index (χ1n) is 6.97. The molecule has 4 heteroatoms. The van der Waals surface area contributed by atoms with E-state index in [-0.39, 0.29) is 6.09 Å². The van der Waals surface area contributed by atoms with Gasteiger partial charge in [0, 0.05) is 31.7 Å². The fourth-order valence-corrected chi connectivity index (χ4v) is 2.08. The molecule has 1 fully saturated rings. The van der Waals surface area contributed by atoms with Crippen LogP contribution in [-0.2, 0) is 4.74 Å². The van der Waals surface area contributed by atoms with Crippen LogP contribution < -0.4 is 0 Å². The largest absolute Gasteiger partial charge is 0.450 e. The van der Waals surface area contributed by atoms with Gasteiger partial charge in [0.15, 0.2) is 0 Å². The third-order valence-corrected chi connectivity index (χ3v) is 3.21. The molecular weight excluding hydrogens is 252 g/mol. The van der Waals surface area contributed by atoms with Crippen LogP contribution in [-0.4, -0.2) is 55.2 Å². The average molecular weight is 272 g/mol. The summed E-state index contributed by atoms with van der Waals surface area (Å²) < 4.78 is 5.00. The molecule has 1 aliphatic heterocycles. The first kappa shape index (κ1) is 14.4. The van der Waals surface area contributed by atoms with Crippen LogP contribution in [0.3, 0.4) is 0 Å². The van der Waals surface area contributed by atoms with Crippen LogP contribution in [0, 0.1) is 11.8 Å². The molecule has 0 N–H and O–H groups in total. The van der Waals surface area contributed by atoms with Crippen molar-refractivity contribution in [3.63, 3.8) is 0 Å². The number of carbonyl (C=O) groups excluding carboxylic acids is 1. The molecular formula is C16H20N2O2. The average Bonchev–Trinajstić information content (AvgIpc) is 2.49. The Morgan fingerprint density at radius 3 is 2.55 bits per heavy atom. The summed E-state index contributed by atoms with van der Waals surface area (Å²) in [7, 11) is 0. The Morgan fingerprint density at radius 1 is 1.20 bits per heavy atom. The van der Waals surface area contributed by atoms with E-state index in [2.05, 4.69) is 16.7 Å². The lowest BCUT2D eigenvalue weighted by Gasteiger charge is -2.32. The fourth-order valence-electron chi connectivity index (χ4n) is 2.08. The summed E-state index contributed by atoms with van der Waals surface area (Å²) in [6, 6.07) is 9.97. The van der Waals surface area contributed by atoms with Gasteiger partial charge in [-0.3, -0.25) is 4.90 Å². The quantitative estimate of drug-likeness (QED) is 0.770. The molecule has 0 bridgehead atoms. The van der Waals surface area contributed by atoms with Crippen molar-refractivity contribution in [2.24, 2.45) is 0 Å². The van der Waals surface area contributed by atoms with Crippen LogP contribution in [0.25, 0.3) is 0 Å². The van der Waals surface area contributed by atoms with Crippen LogP contribution in [0.2, 0.25) is 0 Å². The van der Waals surface area contributed by atoms with Gasteiger partial charge >= 0.3 is 6.09 Å². The van der Waals surface area contributed by atoms with Gasteiger partial charge in [-0.2, -0.15) is 0 Å². The molecule has 1 amide bonds. The highest BCUT2D eigenvalue weighted by Crippen LogP contribution is 2.03. The first-order valence-corrected chi connectivity index (χ1v) is 6.97. The van der Waals surface area contributed by atoms with Crippen molar-refractivity contribution in [3.05, 3.63) is 35.9 Å². The van der Waals surface area contributed by atoms with Crippen molar-refractivity contribution in [3.8, 4) is 11.8 Å². The number of amides is 1. The van der Waals surface area contributed by atoms with E-state index in [4.69, 9.17) is 4.74 Å². The highest BCUT2D eigenvalue weighted by atomic mass is 16.6. The number of benzene rings is 1. The number of ether oxygens (including phenoxy) is 1. The Bertz CT molecular complexity index is 482. The molecule has 2 rings (SSSR count). The van der Waals surface area contributed by atoms with Crippen LogP contribution in [0.1, 0.15) is 12.5 Å². The van der Waals surface area contributed by atoms with Gasteiger partial charge in [0.2, 0.25) is 0 Å². The zero-order valence-corrected chi connectivity index (χ0v) is 11.8. The van der Waals surface area contributed by atoms with Gasteiger partial charge in [-0.15, -0.1) is 0 Å². The minimum Gasteiger partial charge on any atom is -0.450 e. The molecule has 1 aromatic rings. The number of rotatable bonds is 2. The Kier molecular flexibility index (Phi) is 5.45. The van der Waals surface area contributed by atoms with Crippen LogP contribution >= 0.6 is 0 Å². The summed E-state index contributed by atoms with van der Waals surface area (Å²) in [5.41, 5.74) is 1.04. The molecule has 1 saturated heterocycles. The molecule has 20 heavy (non-hydrogen) atoms. The van der Waals surface area contributed by atoms with E-state index in [1.807, 2.05) is 37.3 Å². The van der Waals surface area contributed by atoms with Gasteiger partial charge in [0.25, 0.3) is 0 Å². The molecule has 0 aromatic heterocycles. The molecule has 1 heterocycles. The molecule has 0 saturated carbocycles. The highest BCUT2D eigenvalue weighted by molar-refractivity contribution is 5.67. The molecule has 0 spiro atoms. The summed E-state index contributed by atoms with van der Waals surface area (Å²) in [6.07, 6.45) is -0.206. The molecule has 106 valence electrons. The van der Waals surface area contributed by atoms with Crippen molar-refractivity contribution in [1.29, 1.82) is 0 Å². The smallest absolute Gasteiger partial charge is 0.409 e. The molecule has 4 nitrogen and oxygen atoms in total. The number of hydrogen-bond donors (Lipinski definition) is 0. The maximum absolute atomic E-state index is 11.6. The topological polar surface area (TPSA) is 32.8 Å². The fraction of sp³-hybridized carbons (Fsp3) is 0.438. The van der Waals surface area contributed by atoms with Gasteiger partial charge in [0.05, 0.1) is 13.2 Å². The zero-order valence-electron chi connectivity index (χ0n) is 11.8. The van der Waals surface area contributed by atoms with Gasteiger partial charge in [0.1, 0.15) is 0 Å². The number of piperazine rings is 1. The summed E-state index contributed by atoms with van der Waals surface area (Å²) in [5.74, 6) is 6.33. The Labute approximate surface area is 120 Å². The second-order valence-electron chi connectivity index (χ2n) is 4.63. The lowest BCUT2D eigenvalue weighted by atomic mass is 10.2. The van der Waals surface area contributed by atoms with Gasteiger partial charge in [-0.25, -0.2) is 4.79 Å². The second-order valence-corrected chi connectivity index (χ2v) is 4.63. The number of hydrogen-bond acceptors (Lipinski definition) is 3. The second kappa shape index (κ2) is 7.56. The summed E-state index contributed by atoms with van der Waals surface area (Å²) in [6.45, 7) is 6.13. The van der Waals surface area contributed by atoms with E-state index in [0.717, 1.165) is 25.2 Å². The van der Waals surface area contributed by atoms with E-state index in [1.54, 1.807) is 4.90 Å². The first-order chi connectivity index (χ1) is 9.79. The normalized spacial score (nSPS) is 15.3. The zero-order chi connectivity index (χ0) is 14.2. The van der Waals surface area contributed by atoms with E-state index >= 15 is 0 Å². The van der Waals surface area contributed by atoms with Crippen molar-refractivity contribution >= 4 is 6.09 Å². The summed E-state index contributed by atoms with van der Waals surface area (Å²) >= 11 is 0. The van der Waals surface area contributed by atoms with Crippen molar-refractivity contribution in [2.45, 2.75) is 6.92 Å². The van der Waals surface area contributed by atoms with Gasteiger partial charge in [-0.05, 0) is 19.1 Å². The van der Waals surface area contributed by atoms with E-state index < -0.39 is 0 Å². The SMILES string of the molecule is CCOC(=O)N1CCN(CC#Cc2ccccc2)CC1. The maximum Gasteiger partial charge on any atom is 0.409 e. The van der Waals surface area contributed by atoms with E-state index in [0.29, 0.717) is 19.7 Å². The van der Waals surface area contributed by atoms with Crippen molar-refractivity contribution in [2.75, 3.05) is 39.3 Å². The molecule has 1 aromatic carbocycles. The lowest BCUT2D eigenvalue weighted by molar-refractivity contribution is 0.0829. The Hall–Kier alpha value is -1.99. The van der Waals surface area contributed by atoms with Crippen LogP contribution in [0.15, 0.2) is 30.3 Å². The monoisotopic (exact) mass is 272 g/mol. The van der Waals surface area contributed by atoms with Gasteiger partial charge in [-0.1, -0.05) is 30.0 Å². The number of carbonyl (C=O) groups is 1. The van der Waals surface area contributed by atoms with Crippen molar-refractivity contribution in [1.82, 2.24) is 9.80 Å².